The SMILES string of the molecule is CC(C)n1cc(CN2CCC(O)(c3cccc(Cl)c3)CC2)cn1. The molecular formula is C18H24ClN3O. The summed E-state index contributed by atoms with van der Waals surface area (Å²) in [5.41, 5.74) is 1.40. The van der Waals surface area contributed by atoms with Gasteiger partial charge in [0.25, 0.3) is 0 Å². The summed E-state index contributed by atoms with van der Waals surface area (Å²) in [6.45, 7) is 6.88. The van der Waals surface area contributed by atoms with E-state index in [1.807, 2.05) is 35.1 Å². The van der Waals surface area contributed by atoms with Crippen molar-refractivity contribution >= 4 is 11.6 Å². The molecule has 5 heteroatoms. The topological polar surface area (TPSA) is 41.3 Å². The second-order valence-corrected chi connectivity index (χ2v) is 7.18. The zero-order chi connectivity index (χ0) is 16.4. The Balaban J connectivity index is 1.61. The Kier molecular flexibility index (Phi) is 4.76. The number of hydrogen-bond donors (Lipinski definition) is 1. The zero-order valence-electron chi connectivity index (χ0n) is 13.7. The second-order valence-electron chi connectivity index (χ2n) is 6.74. The largest absolute Gasteiger partial charge is 0.385 e. The van der Waals surface area contributed by atoms with E-state index in [4.69, 9.17) is 11.6 Å². The van der Waals surface area contributed by atoms with Gasteiger partial charge in [-0.2, -0.15) is 5.10 Å². The van der Waals surface area contributed by atoms with Crippen molar-refractivity contribution in [2.45, 2.75) is 44.9 Å². The lowest BCUT2D eigenvalue weighted by Crippen LogP contribution is -2.42. The van der Waals surface area contributed by atoms with E-state index in [2.05, 4.69) is 30.0 Å². The summed E-state index contributed by atoms with van der Waals surface area (Å²) >= 11 is 6.06. The lowest BCUT2D eigenvalue weighted by molar-refractivity contribution is -0.0277. The molecule has 4 nitrogen and oxygen atoms in total. The summed E-state index contributed by atoms with van der Waals surface area (Å²) in [5.74, 6) is 0. The van der Waals surface area contributed by atoms with Crippen LogP contribution in [0.1, 0.15) is 43.9 Å². The van der Waals surface area contributed by atoms with Crippen LogP contribution in [0.5, 0.6) is 0 Å². The smallest absolute Gasteiger partial charge is 0.0921 e. The molecule has 0 radical (unpaired) electrons. The first-order valence-corrected chi connectivity index (χ1v) is 8.58. The number of aromatic nitrogens is 2. The molecule has 1 saturated heterocycles. The number of nitrogens with zero attached hydrogens (tertiary/aromatic N) is 3. The molecule has 1 fully saturated rings. The number of rotatable bonds is 4. The van der Waals surface area contributed by atoms with Gasteiger partial charge in [0.05, 0.1) is 11.8 Å². The maximum Gasteiger partial charge on any atom is 0.0921 e. The molecule has 0 amide bonds. The highest BCUT2D eigenvalue weighted by Gasteiger charge is 2.34. The fourth-order valence-corrected chi connectivity index (χ4v) is 3.34. The van der Waals surface area contributed by atoms with E-state index in [9.17, 15) is 5.11 Å². The van der Waals surface area contributed by atoms with Crippen LogP contribution in [0.4, 0.5) is 0 Å². The van der Waals surface area contributed by atoms with E-state index in [0.29, 0.717) is 11.1 Å². The number of hydrogen-bond acceptors (Lipinski definition) is 3. The van der Waals surface area contributed by atoms with Crippen molar-refractivity contribution in [1.29, 1.82) is 0 Å². The molecule has 23 heavy (non-hydrogen) atoms. The average molecular weight is 334 g/mol. The summed E-state index contributed by atoms with van der Waals surface area (Å²) in [6, 6.07) is 7.98. The lowest BCUT2D eigenvalue weighted by atomic mass is 9.84. The van der Waals surface area contributed by atoms with E-state index in [1.165, 1.54) is 5.56 Å². The molecular weight excluding hydrogens is 310 g/mol. The summed E-state index contributed by atoms with van der Waals surface area (Å²) < 4.78 is 1.99. The average Bonchev–Trinajstić information content (AvgIpc) is 2.99. The fourth-order valence-electron chi connectivity index (χ4n) is 3.15. The van der Waals surface area contributed by atoms with E-state index in [1.54, 1.807) is 0 Å². The van der Waals surface area contributed by atoms with Crippen LogP contribution in [0.15, 0.2) is 36.7 Å². The van der Waals surface area contributed by atoms with Crippen LogP contribution in [0.2, 0.25) is 5.02 Å². The van der Waals surface area contributed by atoms with Crippen molar-refractivity contribution in [3.63, 3.8) is 0 Å². The van der Waals surface area contributed by atoms with Gasteiger partial charge in [0.2, 0.25) is 0 Å². The van der Waals surface area contributed by atoms with Crippen molar-refractivity contribution < 1.29 is 5.11 Å². The maximum atomic E-state index is 10.9. The zero-order valence-corrected chi connectivity index (χ0v) is 14.5. The molecule has 0 unspecified atom stereocenters. The van der Waals surface area contributed by atoms with Gasteiger partial charge < -0.3 is 5.11 Å². The molecule has 0 aliphatic carbocycles. The highest BCUT2D eigenvalue weighted by Crippen LogP contribution is 2.34. The molecule has 1 aromatic heterocycles. The van der Waals surface area contributed by atoms with E-state index < -0.39 is 5.60 Å². The molecule has 1 aromatic carbocycles. The molecule has 124 valence electrons. The minimum atomic E-state index is -0.760. The Hall–Kier alpha value is -1.36. The van der Waals surface area contributed by atoms with Gasteiger partial charge in [0, 0.05) is 42.5 Å². The predicted molar refractivity (Wildman–Crippen MR) is 92.5 cm³/mol. The molecule has 0 spiro atoms. The Morgan fingerprint density at radius 2 is 2.04 bits per heavy atom. The van der Waals surface area contributed by atoms with Crippen molar-refractivity contribution in [3.8, 4) is 0 Å². The summed E-state index contributed by atoms with van der Waals surface area (Å²) in [7, 11) is 0. The standard InChI is InChI=1S/C18H24ClN3O/c1-14(2)22-13-15(11-20-22)12-21-8-6-18(23,7-9-21)16-4-3-5-17(19)10-16/h3-5,10-11,13-14,23H,6-9,12H2,1-2H3. The maximum absolute atomic E-state index is 10.9. The van der Waals surface area contributed by atoms with Gasteiger partial charge >= 0.3 is 0 Å². The molecule has 1 aliphatic heterocycles. The van der Waals surface area contributed by atoms with Gasteiger partial charge in [0.1, 0.15) is 0 Å². The molecule has 0 saturated carbocycles. The molecule has 0 bridgehead atoms. The third-order valence-electron chi connectivity index (χ3n) is 4.64. The van der Waals surface area contributed by atoms with Crippen LogP contribution in [0.3, 0.4) is 0 Å². The second kappa shape index (κ2) is 6.63. The first-order chi connectivity index (χ1) is 11.0. The number of aliphatic hydroxyl groups is 1. The lowest BCUT2D eigenvalue weighted by Gasteiger charge is -2.38. The van der Waals surface area contributed by atoms with Crippen molar-refractivity contribution in [2.24, 2.45) is 0 Å². The fraction of sp³-hybridized carbons (Fsp3) is 0.500. The Morgan fingerprint density at radius 1 is 1.30 bits per heavy atom. The van der Waals surface area contributed by atoms with Crippen LogP contribution in [0, 0.1) is 0 Å². The predicted octanol–water partition coefficient (Wildman–Crippen LogP) is 3.60. The monoisotopic (exact) mass is 333 g/mol. The summed E-state index contributed by atoms with van der Waals surface area (Å²) in [6.07, 6.45) is 5.51. The Labute approximate surface area is 142 Å². The van der Waals surface area contributed by atoms with Crippen LogP contribution >= 0.6 is 11.6 Å². The minimum absolute atomic E-state index is 0.387. The highest BCUT2D eigenvalue weighted by atomic mass is 35.5. The molecule has 2 heterocycles. The third kappa shape index (κ3) is 3.77. The van der Waals surface area contributed by atoms with Crippen molar-refractivity contribution in [2.75, 3.05) is 13.1 Å². The number of likely N-dealkylation sites (tertiary alicyclic amines) is 1. The minimum Gasteiger partial charge on any atom is -0.385 e. The van der Waals surface area contributed by atoms with Crippen LogP contribution in [-0.2, 0) is 12.1 Å². The Bertz CT molecular complexity index is 660. The number of halogens is 1. The van der Waals surface area contributed by atoms with E-state index in [-0.39, 0.29) is 0 Å². The van der Waals surface area contributed by atoms with Gasteiger partial charge in [-0.1, -0.05) is 23.7 Å². The number of benzene rings is 1. The van der Waals surface area contributed by atoms with Crippen LogP contribution < -0.4 is 0 Å². The summed E-state index contributed by atoms with van der Waals surface area (Å²) in [5, 5.41) is 16.0. The molecule has 1 N–H and O–H groups in total. The van der Waals surface area contributed by atoms with Crippen molar-refractivity contribution in [3.05, 3.63) is 52.8 Å². The van der Waals surface area contributed by atoms with Crippen molar-refractivity contribution in [1.82, 2.24) is 14.7 Å². The summed E-state index contributed by atoms with van der Waals surface area (Å²) in [4.78, 5) is 2.38. The highest BCUT2D eigenvalue weighted by molar-refractivity contribution is 6.30. The quantitative estimate of drug-likeness (QED) is 0.929. The van der Waals surface area contributed by atoms with Gasteiger partial charge in [-0.05, 0) is 44.4 Å². The molecule has 0 atom stereocenters. The van der Waals surface area contributed by atoms with Gasteiger partial charge in [-0.3, -0.25) is 9.58 Å². The first-order valence-electron chi connectivity index (χ1n) is 8.20. The van der Waals surface area contributed by atoms with Crippen LogP contribution in [-0.4, -0.2) is 32.9 Å². The molecule has 1 aliphatic rings. The molecule has 3 rings (SSSR count). The normalized spacial score (nSPS) is 18.5. The third-order valence-corrected chi connectivity index (χ3v) is 4.87. The molecule has 2 aromatic rings. The van der Waals surface area contributed by atoms with Crippen LogP contribution in [0.25, 0.3) is 0 Å². The van der Waals surface area contributed by atoms with E-state index >= 15 is 0 Å². The van der Waals surface area contributed by atoms with E-state index in [0.717, 1.165) is 38.0 Å². The van der Waals surface area contributed by atoms with Gasteiger partial charge in [0.15, 0.2) is 0 Å². The Morgan fingerprint density at radius 3 is 2.65 bits per heavy atom. The first kappa shape index (κ1) is 16.5. The van der Waals surface area contributed by atoms with Gasteiger partial charge in [-0.15, -0.1) is 0 Å². The number of piperidine rings is 1. The van der Waals surface area contributed by atoms with Gasteiger partial charge in [-0.25, -0.2) is 0 Å².